The maximum atomic E-state index is 12.7. The van der Waals surface area contributed by atoms with Crippen molar-refractivity contribution in [2.45, 2.75) is 24.4 Å². The number of hydrogen-bond donors (Lipinski definition) is 1. The molecule has 1 aliphatic carbocycles. The van der Waals surface area contributed by atoms with E-state index in [4.69, 9.17) is 0 Å². The SMILES string of the molecule is CN(C)C(=O)CNC(=O)CSc1nc2sc3c(c2c(=O)n1C)CCC3. The molecule has 3 rings (SSSR count). The monoisotopic (exact) mass is 380 g/mol. The van der Waals surface area contributed by atoms with E-state index in [0.29, 0.717) is 5.16 Å². The molecule has 0 spiro atoms. The second-order valence-electron chi connectivity index (χ2n) is 6.15. The first kappa shape index (κ1) is 17.9. The van der Waals surface area contributed by atoms with Crippen LogP contribution in [0.1, 0.15) is 16.9 Å². The van der Waals surface area contributed by atoms with E-state index >= 15 is 0 Å². The first-order valence-electron chi connectivity index (χ1n) is 7.99. The average Bonchev–Trinajstić information content (AvgIpc) is 3.14. The number of thiophene rings is 1. The van der Waals surface area contributed by atoms with Gasteiger partial charge >= 0.3 is 0 Å². The highest BCUT2D eigenvalue weighted by Gasteiger charge is 2.22. The highest BCUT2D eigenvalue weighted by molar-refractivity contribution is 7.99. The van der Waals surface area contributed by atoms with Gasteiger partial charge in [0.15, 0.2) is 5.16 Å². The van der Waals surface area contributed by atoms with Crippen molar-refractivity contribution >= 4 is 45.1 Å². The van der Waals surface area contributed by atoms with Crippen molar-refractivity contribution in [2.24, 2.45) is 7.05 Å². The molecule has 0 fully saturated rings. The maximum absolute atomic E-state index is 12.7. The Hall–Kier alpha value is -1.87. The quantitative estimate of drug-likeness (QED) is 0.612. The molecule has 0 bridgehead atoms. The first-order valence-corrected chi connectivity index (χ1v) is 9.79. The molecular weight excluding hydrogens is 360 g/mol. The third-order valence-electron chi connectivity index (χ3n) is 4.17. The Labute approximate surface area is 153 Å². The normalized spacial score (nSPS) is 13.1. The zero-order valence-corrected chi connectivity index (χ0v) is 16.1. The average molecular weight is 380 g/mol. The molecule has 0 unspecified atom stereocenters. The molecule has 0 radical (unpaired) electrons. The number of aromatic nitrogens is 2. The van der Waals surface area contributed by atoms with Gasteiger partial charge in [0.05, 0.1) is 17.7 Å². The van der Waals surface area contributed by atoms with Gasteiger partial charge in [-0.1, -0.05) is 11.8 Å². The Morgan fingerprint density at radius 2 is 2.12 bits per heavy atom. The van der Waals surface area contributed by atoms with E-state index in [1.807, 2.05) is 0 Å². The lowest BCUT2D eigenvalue weighted by atomic mass is 10.2. The Morgan fingerprint density at radius 3 is 2.84 bits per heavy atom. The molecule has 1 N–H and O–H groups in total. The predicted molar refractivity (Wildman–Crippen MR) is 99.3 cm³/mol. The highest BCUT2D eigenvalue weighted by atomic mass is 32.2. The Balaban J connectivity index is 1.72. The van der Waals surface area contributed by atoms with Crippen LogP contribution in [0.15, 0.2) is 9.95 Å². The van der Waals surface area contributed by atoms with E-state index in [0.717, 1.165) is 35.0 Å². The van der Waals surface area contributed by atoms with Crippen molar-refractivity contribution in [2.75, 3.05) is 26.4 Å². The Kier molecular flexibility index (Phi) is 5.14. The molecule has 0 saturated heterocycles. The first-order chi connectivity index (χ1) is 11.9. The summed E-state index contributed by atoms with van der Waals surface area (Å²) in [5.74, 6) is -0.320. The number of rotatable bonds is 5. The number of thioether (sulfide) groups is 1. The number of amides is 2. The molecule has 0 atom stereocenters. The number of hydrogen-bond acceptors (Lipinski definition) is 6. The molecule has 2 aromatic rings. The second-order valence-corrected chi connectivity index (χ2v) is 8.18. The van der Waals surface area contributed by atoms with Gasteiger partial charge in [0.25, 0.3) is 5.56 Å². The molecule has 2 heterocycles. The van der Waals surface area contributed by atoms with Crippen LogP contribution in [0.5, 0.6) is 0 Å². The summed E-state index contributed by atoms with van der Waals surface area (Å²) in [6.45, 7) is -0.0323. The Bertz CT molecular complexity index is 901. The van der Waals surface area contributed by atoms with Crippen LogP contribution in [0.2, 0.25) is 0 Å². The number of aryl methyl sites for hydroxylation is 2. The number of nitrogens with zero attached hydrogens (tertiary/aromatic N) is 3. The van der Waals surface area contributed by atoms with Crippen LogP contribution in [-0.2, 0) is 29.5 Å². The van der Waals surface area contributed by atoms with E-state index in [-0.39, 0.29) is 29.7 Å². The van der Waals surface area contributed by atoms with Crippen LogP contribution in [0.4, 0.5) is 0 Å². The molecule has 2 aromatic heterocycles. The van der Waals surface area contributed by atoms with Crippen LogP contribution in [0.3, 0.4) is 0 Å². The zero-order chi connectivity index (χ0) is 18.1. The van der Waals surface area contributed by atoms with Gasteiger partial charge in [-0.3, -0.25) is 19.0 Å². The maximum Gasteiger partial charge on any atom is 0.262 e. The largest absolute Gasteiger partial charge is 0.347 e. The van der Waals surface area contributed by atoms with Crippen molar-refractivity contribution in [3.8, 4) is 0 Å². The molecule has 1 aliphatic rings. The molecule has 25 heavy (non-hydrogen) atoms. The van der Waals surface area contributed by atoms with Gasteiger partial charge in [-0.25, -0.2) is 4.98 Å². The van der Waals surface area contributed by atoms with Crippen molar-refractivity contribution < 1.29 is 9.59 Å². The lowest BCUT2D eigenvalue weighted by Gasteiger charge is -2.11. The molecule has 9 heteroatoms. The zero-order valence-electron chi connectivity index (χ0n) is 14.4. The third kappa shape index (κ3) is 3.57. The van der Waals surface area contributed by atoms with E-state index in [9.17, 15) is 14.4 Å². The summed E-state index contributed by atoms with van der Waals surface area (Å²) >= 11 is 2.79. The fourth-order valence-electron chi connectivity index (χ4n) is 2.75. The van der Waals surface area contributed by atoms with Crippen LogP contribution < -0.4 is 10.9 Å². The fourth-order valence-corrected chi connectivity index (χ4v) is 4.85. The van der Waals surface area contributed by atoms with Crippen LogP contribution in [0.25, 0.3) is 10.2 Å². The number of carbonyl (C=O) groups excluding carboxylic acids is 2. The number of nitrogens with one attached hydrogen (secondary N) is 1. The minimum atomic E-state index is -0.261. The standard InChI is InChI=1S/C16H20N4O3S2/c1-19(2)12(22)7-17-11(21)8-24-16-18-14-13(15(23)20(16)3)9-5-4-6-10(9)25-14/h4-8H2,1-3H3,(H,17,21). The number of fused-ring (bicyclic) bond motifs is 3. The third-order valence-corrected chi connectivity index (χ3v) is 6.39. The van der Waals surface area contributed by atoms with Gasteiger partial charge in [-0.05, 0) is 24.8 Å². The Morgan fingerprint density at radius 1 is 1.36 bits per heavy atom. The van der Waals surface area contributed by atoms with E-state index < -0.39 is 0 Å². The minimum Gasteiger partial charge on any atom is -0.347 e. The molecule has 134 valence electrons. The van der Waals surface area contributed by atoms with Gasteiger partial charge in [0, 0.05) is 26.0 Å². The van der Waals surface area contributed by atoms with Gasteiger partial charge in [0.2, 0.25) is 11.8 Å². The number of likely N-dealkylation sites (N-methyl/N-ethyl adjacent to an activating group) is 1. The fraction of sp³-hybridized carbons (Fsp3) is 0.500. The van der Waals surface area contributed by atoms with E-state index in [1.165, 1.54) is 26.1 Å². The summed E-state index contributed by atoms with van der Waals surface area (Å²) in [6, 6.07) is 0. The van der Waals surface area contributed by atoms with Crippen LogP contribution >= 0.6 is 23.1 Å². The van der Waals surface area contributed by atoms with Gasteiger partial charge < -0.3 is 10.2 Å². The summed E-state index contributed by atoms with van der Waals surface area (Å²) in [4.78, 5) is 44.1. The minimum absolute atomic E-state index is 0.0323. The lowest BCUT2D eigenvalue weighted by Crippen LogP contribution is -2.37. The molecule has 0 aromatic carbocycles. The highest BCUT2D eigenvalue weighted by Crippen LogP contribution is 2.35. The van der Waals surface area contributed by atoms with Gasteiger partial charge in [-0.15, -0.1) is 11.3 Å². The van der Waals surface area contributed by atoms with Crippen LogP contribution in [-0.4, -0.2) is 52.7 Å². The van der Waals surface area contributed by atoms with E-state index in [1.54, 1.807) is 32.5 Å². The van der Waals surface area contributed by atoms with Gasteiger partial charge in [0.1, 0.15) is 4.83 Å². The summed E-state index contributed by atoms with van der Waals surface area (Å²) in [5, 5.41) is 3.83. The van der Waals surface area contributed by atoms with Crippen molar-refractivity contribution in [3.05, 3.63) is 20.8 Å². The van der Waals surface area contributed by atoms with Gasteiger partial charge in [-0.2, -0.15) is 0 Å². The second kappa shape index (κ2) is 7.17. The molecule has 2 amide bonds. The molecule has 7 nitrogen and oxygen atoms in total. The summed E-state index contributed by atoms with van der Waals surface area (Å²) < 4.78 is 1.51. The number of carbonyl (C=O) groups is 2. The summed E-state index contributed by atoms with van der Waals surface area (Å²) in [7, 11) is 4.96. The molecular formula is C16H20N4O3S2. The topological polar surface area (TPSA) is 84.3 Å². The van der Waals surface area contributed by atoms with E-state index in [2.05, 4.69) is 10.3 Å². The molecule has 0 aliphatic heterocycles. The lowest BCUT2D eigenvalue weighted by molar-refractivity contribution is -0.130. The summed E-state index contributed by atoms with van der Waals surface area (Å²) in [6.07, 6.45) is 3.06. The summed E-state index contributed by atoms with van der Waals surface area (Å²) in [5.41, 5.74) is 1.11. The molecule has 0 saturated carbocycles. The van der Waals surface area contributed by atoms with Crippen molar-refractivity contribution in [3.63, 3.8) is 0 Å². The van der Waals surface area contributed by atoms with Crippen molar-refractivity contribution in [1.82, 2.24) is 19.8 Å². The smallest absolute Gasteiger partial charge is 0.262 e. The predicted octanol–water partition coefficient (Wildman–Crippen LogP) is 0.780. The van der Waals surface area contributed by atoms with Crippen LogP contribution in [0, 0.1) is 0 Å². The van der Waals surface area contributed by atoms with Crippen molar-refractivity contribution in [1.29, 1.82) is 0 Å².